The summed E-state index contributed by atoms with van der Waals surface area (Å²) in [5, 5.41) is 6.84. The Balaban J connectivity index is 2.05. The molecule has 6 nitrogen and oxygen atoms in total. The number of nitrogens with zero attached hydrogens (tertiary/aromatic N) is 3. The van der Waals surface area contributed by atoms with Crippen molar-refractivity contribution in [1.29, 1.82) is 0 Å². The summed E-state index contributed by atoms with van der Waals surface area (Å²) in [5.74, 6) is 0.955. The SMILES string of the molecule is Cc1cc(=O)n(-c2nc(C)c(C)c(Nc3ccc(Cl)cc3)n2)[nH]1. The smallest absolute Gasteiger partial charge is 0.274 e. The molecule has 2 N–H and O–H groups in total. The van der Waals surface area contributed by atoms with Gasteiger partial charge in [-0.2, -0.15) is 9.67 Å². The number of rotatable bonds is 3. The summed E-state index contributed by atoms with van der Waals surface area (Å²) in [6.07, 6.45) is 0. The molecule has 0 aliphatic rings. The molecule has 2 heterocycles. The molecule has 3 aromatic rings. The van der Waals surface area contributed by atoms with Crippen LogP contribution in [0.1, 0.15) is 17.0 Å². The molecular formula is C16H16ClN5O. The van der Waals surface area contributed by atoms with E-state index < -0.39 is 0 Å². The Hall–Kier alpha value is -2.60. The summed E-state index contributed by atoms with van der Waals surface area (Å²) < 4.78 is 1.33. The number of aryl methyl sites for hydroxylation is 2. The molecule has 0 unspecified atom stereocenters. The van der Waals surface area contributed by atoms with Gasteiger partial charge in [0.05, 0.1) is 0 Å². The first kappa shape index (κ1) is 15.3. The monoisotopic (exact) mass is 329 g/mol. The molecule has 0 fully saturated rings. The van der Waals surface area contributed by atoms with E-state index in [1.165, 1.54) is 10.7 Å². The van der Waals surface area contributed by atoms with E-state index in [1.54, 1.807) is 12.1 Å². The van der Waals surface area contributed by atoms with Gasteiger partial charge in [-0.05, 0) is 45.0 Å². The predicted octanol–water partition coefficient (Wildman–Crippen LogP) is 3.28. The van der Waals surface area contributed by atoms with Crippen molar-refractivity contribution < 1.29 is 0 Å². The number of anilines is 2. The molecule has 0 saturated carbocycles. The first-order chi connectivity index (χ1) is 10.9. The Labute approximate surface area is 138 Å². The molecule has 0 bridgehead atoms. The summed E-state index contributed by atoms with van der Waals surface area (Å²) in [7, 11) is 0. The summed E-state index contributed by atoms with van der Waals surface area (Å²) in [6.45, 7) is 5.63. The first-order valence-electron chi connectivity index (χ1n) is 7.11. The topological polar surface area (TPSA) is 75.6 Å². The van der Waals surface area contributed by atoms with Gasteiger partial charge in [0, 0.05) is 33.7 Å². The molecule has 2 aromatic heterocycles. The van der Waals surface area contributed by atoms with Crippen LogP contribution in [0.15, 0.2) is 35.1 Å². The highest BCUT2D eigenvalue weighted by Crippen LogP contribution is 2.22. The molecule has 0 amide bonds. The van der Waals surface area contributed by atoms with Crippen LogP contribution < -0.4 is 10.9 Å². The van der Waals surface area contributed by atoms with Crippen LogP contribution in [0.5, 0.6) is 0 Å². The lowest BCUT2D eigenvalue weighted by molar-refractivity contribution is 0.768. The van der Waals surface area contributed by atoms with E-state index in [2.05, 4.69) is 20.4 Å². The zero-order valence-corrected chi connectivity index (χ0v) is 13.8. The Morgan fingerprint density at radius 1 is 1.13 bits per heavy atom. The minimum Gasteiger partial charge on any atom is -0.340 e. The van der Waals surface area contributed by atoms with E-state index in [9.17, 15) is 4.79 Å². The lowest BCUT2D eigenvalue weighted by Crippen LogP contribution is -2.18. The largest absolute Gasteiger partial charge is 0.340 e. The maximum absolute atomic E-state index is 12.0. The molecule has 23 heavy (non-hydrogen) atoms. The van der Waals surface area contributed by atoms with Crippen LogP contribution in [0, 0.1) is 20.8 Å². The van der Waals surface area contributed by atoms with E-state index in [0.717, 1.165) is 22.6 Å². The zero-order valence-electron chi connectivity index (χ0n) is 13.0. The highest BCUT2D eigenvalue weighted by atomic mass is 35.5. The van der Waals surface area contributed by atoms with Gasteiger partial charge < -0.3 is 5.32 Å². The number of nitrogens with one attached hydrogen (secondary N) is 2. The fourth-order valence-electron chi connectivity index (χ4n) is 2.17. The van der Waals surface area contributed by atoms with Crippen LogP contribution in [-0.4, -0.2) is 19.7 Å². The van der Waals surface area contributed by atoms with Crippen molar-refractivity contribution in [3.05, 3.63) is 62.7 Å². The fraction of sp³-hybridized carbons (Fsp3) is 0.188. The van der Waals surface area contributed by atoms with E-state index >= 15 is 0 Å². The number of benzene rings is 1. The van der Waals surface area contributed by atoms with Gasteiger partial charge in [0.2, 0.25) is 0 Å². The maximum Gasteiger partial charge on any atom is 0.274 e. The Morgan fingerprint density at radius 2 is 1.83 bits per heavy atom. The Morgan fingerprint density at radius 3 is 2.43 bits per heavy atom. The number of H-pyrrole nitrogens is 1. The average Bonchev–Trinajstić information content (AvgIpc) is 2.84. The van der Waals surface area contributed by atoms with Gasteiger partial charge in [0.15, 0.2) is 0 Å². The predicted molar refractivity (Wildman–Crippen MR) is 90.9 cm³/mol. The molecule has 3 rings (SSSR count). The molecule has 0 saturated heterocycles. The van der Waals surface area contributed by atoms with Gasteiger partial charge in [0.25, 0.3) is 11.5 Å². The molecule has 7 heteroatoms. The van der Waals surface area contributed by atoms with Crippen LogP contribution >= 0.6 is 11.6 Å². The van der Waals surface area contributed by atoms with Crippen molar-refractivity contribution in [3.63, 3.8) is 0 Å². The molecule has 0 aliphatic carbocycles. The molecular weight excluding hydrogens is 314 g/mol. The highest BCUT2D eigenvalue weighted by Gasteiger charge is 2.12. The summed E-state index contributed by atoms with van der Waals surface area (Å²) >= 11 is 5.90. The summed E-state index contributed by atoms with van der Waals surface area (Å²) in [5.41, 5.74) is 3.13. The lowest BCUT2D eigenvalue weighted by Gasteiger charge is -2.12. The molecule has 0 spiro atoms. The van der Waals surface area contributed by atoms with Crippen LogP contribution in [0.3, 0.4) is 0 Å². The zero-order chi connectivity index (χ0) is 16.6. The summed E-state index contributed by atoms with van der Waals surface area (Å²) in [4.78, 5) is 20.8. The van der Waals surface area contributed by atoms with Gasteiger partial charge in [-0.25, -0.2) is 4.98 Å². The quantitative estimate of drug-likeness (QED) is 0.773. The molecule has 0 atom stereocenters. The van der Waals surface area contributed by atoms with Crippen LogP contribution in [0.2, 0.25) is 5.02 Å². The second kappa shape index (κ2) is 5.89. The Bertz CT molecular complexity index is 911. The number of aromatic nitrogens is 4. The van der Waals surface area contributed by atoms with Gasteiger partial charge in [-0.1, -0.05) is 11.6 Å². The van der Waals surface area contributed by atoms with E-state index in [-0.39, 0.29) is 5.56 Å². The van der Waals surface area contributed by atoms with Crippen molar-refractivity contribution in [1.82, 2.24) is 19.7 Å². The normalized spacial score (nSPS) is 10.8. The number of halogens is 1. The van der Waals surface area contributed by atoms with Crippen molar-refractivity contribution in [2.24, 2.45) is 0 Å². The fourth-order valence-corrected chi connectivity index (χ4v) is 2.29. The highest BCUT2D eigenvalue weighted by molar-refractivity contribution is 6.30. The van der Waals surface area contributed by atoms with Gasteiger partial charge in [-0.3, -0.25) is 9.89 Å². The third-order valence-corrected chi connectivity index (χ3v) is 3.78. The van der Waals surface area contributed by atoms with Crippen molar-refractivity contribution in [2.75, 3.05) is 5.32 Å². The molecule has 118 valence electrons. The number of hydrogen-bond donors (Lipinski definition) is 2. The van der Waals surface area contributed by atoms with E-state index in [0.29, 0.717) is 16.8 Å². The van der Waals surface area contributed by atoms with Crippen LogP contribution in [-0.2, 0) is 0 Å². The van der Waals surface area contributed by atoms with Gasteiger partial charge in [0.1, 0.15) is 5.82 Å². The number of aromatic amines is 1. The second-order valence-corrected chi connectivity index (χ2v) is 5.76. The molecule has 0 aliphatic heterocycles. The minimum atomic E-state index is -0.191. The first-order valence-corrected chi connectivity index (χ1v) is 7.49. The van der Waals surface area contributed by atoms with E-state index in [1.807, 2.05) is 32.9 Å². The maximum atomic E-state index is 12.0. The standard InChI is InChI=1S/C16H16ClN5O/c1-9-8-14(23)22(21-9)16-18-11(3)10(2)15(20-16)19-13-6-4-12(17)5-7-13/h4-8,21H,1-3H3,(H,18,19,20). The summed E-state index contributed by atoms with van der Waals surface area (Å²) in [6, 6.07) is 8.83. The Kier molecular flexibility index (Phi) is 3.92. The molecule has 1 aromatic carbocycles. The third-order valence-electron chi connectivity index (χ3n) is 3.53. The van der Waals surface area contributed by atoms with Gasteiger partial charge >= 0.3 is 0 Å². The third kappa shape index (κ3) is 3.12. The van der Waals surface area contributed by atoms with Crippen LogP contribution in [0.25, 0.3) is 5.95 Å². The van der Waals surface area contributed by atoms with E-state index in [4.69, 9.17) is 11.6 Å². The average molecular weight is 330 g/mol. The van der Waals surface area contributed by atoms with Crippen molar-refractivity contribution in [2.45, 2.75) is 20.8 Å². The van der Waals surface area contributed by atoms with Crippen molar-refractivity contribution in [3.8, 4) is 5.95 Å². The van der Waals surface area contributed by atoms with Crippen molar-refractivity contribution >= 4 is 23.1 Å². The van der Waals surface area contributed by atoms with Gasteiger partial charge in [-0.15, -0.1) is 0 Å². The second-order valence-electron chi connectivity index (χ2n) is 5.33. The minimum absolute atomic E-state index is 0.191. The molecule has 0 radical (unpaired) electrons. The lowest BCUT2D eigenvalue weighted by atomic mass is 10.2. The number of hydrogen-bond acceptors (Lipinski definition) is 4. The van der Waals surface area contributed by atoms with Crippen LogP contribution in [0.4, 0.5) is 11.5 Å².